The van der Waals surface area contributed by atoms with Gasteiger partial charge in [0.2, 0.25) is 0 Å². The first-order valence-electron chi connectivity index (χ1n) is 2.38. The summed E-state index contributed by atoms with van der Waals surface area (Å²) in [6.45, 7) is 2.89. The number of rotatable bonds is 3. The monoisotopic (exact) mass is 140 g/mol. The van der Waals surface area contributed by atoms with E-state index in [1.807, 2.05) is 0 Å². The van der Waals surface area contributed by atoms with Gasteiger partial charge in [-0.3, -0.25) is 4.74 Å². The van der Waals surface area contributed by atoms with Gasteiger partial charge in [-0.25, -0.2) is 0 Å². The molecule has 0 rings (SSSR count). The lowest BCUT2D eigenvalue weighted by molar-refractivity contribution is -0.323. The van der Waals surface area contributed by atoms with Crippen molar-refractivity contribution in [1.29, 1.82) is 0 Å². The van der Waals surface area contributed by atoms with E-state index < -0.39 is 6.36 Å². The van der Waals surface area contributed by atoms with Gasteiger partial charge in [-0.2, -0.15) is 0 Å². The van der Waals surface area contributed by atoms with Crippen molar-refractivity contribution in [2.24, 2.45) is 0 Å². The molecule has 0 fully saturated rings. The largest absolute Gasteiger partial charge is 0.522 e. The van der Waals surface area contributed by atoms with Crippen molar-refractivity contribution < 1.29 is 17.9 Å². The predicted octanol–water partition coefficient (Wildman–Crippen LogP) is 2.10. The normalized spacial score (nSPS) is 11.4. The van der Waals surface area contributed by atoms with E-state index in [2.05, 4.69) is 11.3 Å². The molecule has 0 heterocycles. The Hall–Kier alpha value is -0.510. The summed E-state index contributed by atoms with van der Waals surface area (Å²) >= 11 is 0. The highest BCUT2D eigenvalue weighted by molar-refractivity contribution is 4.64. The predicted molar refractivity (Wildman–Crippen MR) is 26.8 cm³/mol. The first-order chi connectivity index (χ1) is 4.06. The topological polar surface area (TPSA) is 9.23 Å². The molecule has 0 radical (unpaired) electrons. The fourth-order valence-corrected chi connectivity index (χ4v) is 0.258. The molecule has 9 heavy (non-hydrogen) atoms. The van der Waals surface area contributed by atoms with Crippen LogP contribution in [0.4, 0.5) is 13.2 Å². The van der Waals surface area contributed by atoms with Crippen LogP contribution in [0.25, 0.3) is 0 Å². The molecule has 1 nitrogen and oxygen atoms in total. The fourth-order valence-electron chi connectivity index (χ4n) is 0.258. The van der Waals surface area contributed by atoms with Crippen molar-refractivity contribution in [3.63, 3.8) is 0 Å². The molecule has 0 aliphatic carbocycles. The first-order valence-corrected chi connectivity index (χ1v) is 2.38. The zero-order chi connectivity index (χ0) is 7.33. The van der Waals surface area contributed by atoms with Crippen molar-refractivity contribution in [2.75, 3.05) is 6.61 Å². The molecule has 0 aromatic carbocycles. The minimum Gasteiger partial charge on any atom is -0.292 e. The molecule has 0 N–H and O–H groups in total. The Morgan fingerprint density at radius 2 is 2.00 bits per heavy atom. The van der Waals surface area contributed by atoms with Crippen molar-refractivity contribution in [2.45, 2.75) is 12.8 Å². The maximum atomic E-state index is 11.1. The van der Waals surface area contributed by atoms with Crippen molar-refractivity contribution >= 4 is 0 Å². The van der Waals surface area contributed by atoms with Gasteiger partial charge >= 0.3 is 6.36 Å². The second-order valence-corrected chi connectivity index (χ2v) is 1.37. The quantitative estimate of drug-likeness (QED) is 0.431. The molecular formula is C5H7F3O. The summed E-state index contributed by atoms with van der Waals surface area (Å²) in [5.74, 6) is 0. The van der Waals surface area contributed by atoms with Crippen LogP contribution in [0.2, 0.25) is 0 Å². The van der Waals surface area contributed by atoms with E-state index in [1.54, 1.807) is 0 Å². The van der Waals surface area contributed by atoms with E-state index >= 15 is 0 Å². The number of alkyl halides is 3. The fraction of sp³-hybridized carbons (Fsp3) is 0.600. The standard InChI is InChI=1S/C5H7F3O/c1-2-3-4-9-5(6,7)8/h2H,1,3-4H2. The maximum Gasteiger partial charge on any atom is 0.522 e. The molecule has 0 aromatic rings. The molecule has 54 valence electrons. The third-order valence-electron chi connectivity index (χ3n) is 0.588. The molecule has 0 spiro atoms. The van der Waals surface area contributed by atoms with Crippen molar-refractivity contribution in [3.8, 4) is 0 Å². The summed E-state index contributed by atoms with van der Waals surface area (Å²) in [4.78, 5) is 0. The van der Waals surface area contributed by atoms with E-state index in [1.165, 1.54) is 6.08 Å². The number of hydrogen-bond donors (Lipinski definition) is 0. The Morgan fingerprint density at radius 1 is 1.44 bits per heavy atom. The van der Waals surface area contributed by atoms with E-state index in [0.717, 1.165) is 0 Å². The minimum absolute atomic E-state index is 0.222. The van der Waals surface area contributed by atoms with Gasteiger partial charge < -0.3 is 0 Å². The lowest BCUT2D eigenvalue weighted by atomic mass is 10.5. The van der Waals surface area contributed by atoms with Gasteiger partial charge in [0.1, 0.15) is 0 Å². The third kappa shape index (κ3) is 7.49. The summed E-state index contributed by atoms with van der Waals surface area (Å²) in [6.07, 6.45) is -2.91. The Balaban J connectivity index is 3.17. The molecule has 0 amide bonds. The van der Waals surface area contributed by atoms with Gasteiger partial charge in [0.25, 0.3) is 0 Å². The Bertz CT molecular complexity index is 86.7. The number of hydrogen-bond acceptors (Lipinski definition) is 1. The van der Waals surface area contributed by atoms with Crippen LogP contribution in [0.5, 0.6) is 0 Å². The van der Waals surface area contributed by atoms with Crippen LogP contribution in [-0.4, -0.2) is 13.0 Å². The van der Waals surface area contributed by atoms with Crippen LogP contribution < -0.4 is 0 Å². The van der Waals surface area contributed by atoms with Gasteiger partial charge in [-0.05, 0) is 6.42 Å². The number of ether oxygens (including phenoxy) is 1. The molecule has 0 atom stereocenters. The molecule has 4 heteroatoms. The van der Waals surface area contributed by atoms with Crippen LogP contribution in [0.1, 0.15) is 6.42 Å². The lowest BCUT2D eigenvalue weighted by Gasteiger charge is -2.03. The average molecular weight is 140 g/mol. The van der Waals surface area contributed by atoms with E-state index in [-0.39, 0.29) is 13.0 Å². The van der Waals surface area contributed by atoms with Crippen LogP contribution in [0, 0.1) is 0 Å². The van der Waals surface area contributed by atoms with Crippen LogP contribution >= 0.6 is 0 Å². The Morgan fingerprint density at radius 3 is 2.33 bits per heavy atom. The number of halogens is 3. The SMILES string of the molecule is C=CCCOC(F)(F)F. The first kappa shape index (κ1) is 8.49. The molecule has 0 saturated heterocycles. The van der Waals surface area contributed by atoms with Crippen LogP contribution in [0.3, 0.4) is 0 Å². The van der Waals surface area contributed by atoms with Gasteiger partial charge in [0.15, 0.2) is 0 Å². The molecule has 0 unspecified atom stereocenters. The minimum atomic E-state index is -4.50. The van der Waals surface area contributed by atoms with Gasteiger partial charge in [0, 0.05) is 0 Å². The molecule has 0 saturated carbocycles. The smallest absolute Gasteiger partial charge is 0.292 e. The van der Waals surface area contributed by atoms with E-state index in [4.69, 9.17) is 0 Å². The van der Waals surface area contributed by atoms with Crippen LogP contribution in [0.15, 0.2) is 12.7 Å². The Kier molecular flexibility index (Phi) is 3.30. The van der Waals surface area contributed by atoms with Crippen molar-refractivity contribution in [1.82, 2.24) is 0 Å². The van der Waals surface area contributed by atoms with Crippen LogP contribution in [-0.2, 0) is 4.74 Å². The highest BCUT2D eigenvalue weighted by Crippen LogP contribution is 2.15. The molecule has 0 aliphatic rings. The zero-order valence-electron chi connectivity index (χ0n) is 4.74. The molecular weight excluding hydrogens is 133 g/mol. The second kappa shape index (κ2) is 3.50. The summed E-state index contributed by atoms with van der Waals surface area (Å²) in [5.41, 5.74) is 0. The van der Waals surface area contributed by atoms with Gasteiger partial charge in [-0.1, -0.05) is 6.08 Å². The van der Waals surface area contributed by atoms with E-state index in [0.29, 0.717) is 0 Å². The Labute approximate surface area is 51.1 Å². The highest BCUT2D eigenvalue weighted by Gasteiger charge is 2.28. The highest BCUT2D eigenvalue weighted by atomic mass is 19.4. The summed E-state index contributed by atoms with van der Waals surface area (Å²) < 4.78 is 36.8. The van der Waals surface area contributed by atoms with Crippen molar-refractivity contribution in [3.05, 3.63) is 12.7 Å². The molecule has 0 aromatic heterocycles. The van der Waals surface area contributed by atoms with Gasteiger partial charge in [-0.15, -0.1) is 19.8 Å². The molecule has 0 aliphatic heterocycles. The summed E-state index contributed by atoms with van der Waals surface area (Å²) in [6, 6.07) is 0. The zero-order valence-corrected chi connectivity index (χ0v) is 4.74. The molecule has 0 bridgehead atoms. The van der Waals surface area contributed by atoms with Gasteiger partial charge in [0.05, 0.1) is 6.61 Å². The average Bonchev–Trinajstić information content (AvgIpc) is 1.63. The van der Waals surface area contributed by atoms with E-state index in [9.17, 15) is 13.2 Å². The third-order valence-corrected chi connectivity index (χ3v) is 0.588. The summed E-state index contributed by atoms with van der Waals surface area (Å²) in [5, 5.41) is 0. The summed E-state index contributed by atoms with van der Waals surface area (Å²) in [7, 11) is 0. The maximum absolute atomic E-state index is 11.1. The lowest BCUT2D eigenvalue weighted by Crippen LogP contribution is -2.13. The second-order valence-electron chi connectivity index (χ2n) is 1.37.